The van der Waals surface area contributed by atoms with E-state index in [1.807, 2.05) is 0 Å². The van der Waals surface area contributed by atoms with Gasteiger partial charge in [0.2, 0.25) is 10.0 Å². The molecule has 0 amide bonds. The van der Waals surface area contributed by atoms with Gasteiger partial charge in [0.25, 0.3) is 0 Å². The number of methoxy groups -OCH3 is 1. The van der Waals surface area contributed by atoms with Crippen LogP contribution in [0.3, 0.4) is 0 Å². The van der Waals surface area contributed by atoms with Gasteiger partial charge < -0.3 is 4.74 Å². The smallest absolute Gasteiger partial charge is 0.348 e. The summed E-state index contributed by atoms with van der Waals surface area (Å²) in [5.74, 6) is -0.578. The number of hydrogen-bond donors (Lipinski definition) is 2. The SMILES string of the molecule is COC(=O)c1cc(S(=O)(=O)NCc2ccn[nH]2)c(Br)s1. The monoisotopic (exact) mass is 379 g/mol. The Kier molecular flexibility index (Phi) is 4.58. The number of aromatic amines is 1. The zero-order valence-electron chi connectivity index (χ0n) is 10.2. The molecule has 0 fully saturated rings. The lowest BCUT2D eigenvalue weighted by Gasteiger charge is -2.03. The molecule has 2 aromatic heterocycles. The van der Waals surface area contributed by atoms with Crippen molar-refractivity contribution < 1.29 is 17.9 Å². The number of H-pyrrole nitrogens is 1. The molecule has 20 heavy (non-hydrogen) atoms. The van der Waals surface area contributed by atoms with E-state index < -0.39 is 16.0 Å². The number of halogens is 1. The molecule has 0 saturated carbocycles. The highest BCUT2D eigenvalue weighted by molar-refractivity contribution is 9.11. The van der Waals surface area contributed by atoms with Gasteiger partial charge >= 0.3 is 5.97 Å². The summed E-state index contributed by atoms with van der Waals surface area (Å²) in [5, 5.41) is 6.37. The van der Waals surface area contributed by atoms with Gasteiger partial charge in [-0.3, -0.25) is 5.10 Å². The molecule has 10 heteroatoms. The van der Waals surface area contributed by atoms with Crippen molar-refractivity contribution in [3.63, 3.8) is 0 Å². The molecule has 0 aliphatic heterocycles. The number of ether oxygens (including phenoxy) is 1. The normalized spacial score (nSPS) is 11.5. The second-order valence-corrected chi connectivity index (χ2v) is 7.75. The van der Waals surface area contributed by atoms with Crippen molar-refractivity contribution in [2.24, 2.45) is 0 Å². The number of thiophene rings is 1. The first kappa shape index (κ1) is 15.2. The highest BCUT2D eigenvalue weighted by Crippen LogP contribution is 2.32. The Morgan fingerprint density at radius 3 is 2.95 bits per heavy atom. The quantitative estimate of drug-likeness (QED) is 0.766. The fraction of sp³-hybridized carbons (Fsp3) is 0.200. The molecule has 7 nitrogen and oxygen atoms in total. The molecule has 0 radical (unpaired) electrons. The van der Waals surface area contributed by atoms with Gasteiger partial charge in [0.15, 0.2) is 0 Å². The number of esters is 1. The van der Waals surface area contributed by atoms with Gasteiger partial charge in [0.1, 0.15) is 9.77 Å². The molecule has 0 unspecified atom stereocenters. The van der Waals surface area contributed by atoms with E-state index in [1.165, 1.54) is 19.4 Å². The maximum Gasteiger partial charge on any atom is 0.348 e. The predicted octanol–water partition coefficient (Wildman–Crippen LogP) is 1.50. The van der Waals surface area contributed by atoms with Crippen LogP contribution in [0.5, 0.6) is 0 Å². The summed E-state index contributed by atoms with van der Waals surface area (Å²) in [6.07, 6.45) is 1.53. The zero-order chi connectivity index (χ0) is 14.8. The van der Waals surface area contributed by atoms with Crippen molar-refractivity contribution in [3.05, 3.63) is 32.7 Å². The summed E-state index contributed by atoms with van der Waals surface area (Å²) < 4.78 is 31.6. The number of aromatic nitrogens is 2. The van der Waals surface area contributed by atoms with Crippen molar-refractivity contribution in [3.8, 4) is 0 Å². The summed E-state index contributed by atoms with van der Waals surface area (Å²) in [6.45, 7) is 0.0815. The molecule has 2 rings (SSSR count). The van der Waals surface area contributed by atoms with Gasteiger partial charge in [-0.15, -0.1) is 11.3 Å². The molecule has 0 spiro atoms. The third kappa shape index (κ3) is 3.26. The van der Waals surface area contributed by atoms with Gasteiger partial charge in [-0.2, -0.15) is 5.10 Å². The van der Waals surface area contributed by atoms with Crippen LogP contribution >= 0.6 is 27.3 Å². The van der Waals surface area contributed by atoms with Crippen LogP contribution in [0.15, 0.2) is 27.0 Å². The lowest BCUT2D eigenvalue weighted by Crippen LogP contribution is -2.23. The van der Waals surface area contributed by atoms with Crippen LogP contribution in [0.4, 0.5) is 0 Å². The number of nitrogens with one attached hydrogen (secondary N) is 2. The first-order chi connectivity index (χ1) is 9.44. The molecule has 0 aliphatic carbocycles. The van der Waals surface area contributed by atoms with Crippen LogP contribution < -0.4 is 4.72 Å². The van der Waals surface area contributed by atoms with Crippen molar-refractivity contribution in [1.29, 1.82) is 0 Å². The second kappa shape index (κ2) is 6.04. The predicted molar refractivity (Wildman–Crippen MR) is 76.0 cm³/mol. The third-order valence-corrected chi connectivity index (χ3v) is 5.98. The minimum Gasteiger partial charge on any atom is -0.465 e. The second-order valence-electron chi connectivity index (χ2n) is 3.65. The average Bonchev–Trinajstić information content (AvgIpc) is 3.05. The minimum atomic E-state index is -3.73. The summed E-state index contributed by atoms with van der Waals surface area (Å²) in [6, 6.07) is 2.93. The Bertz CT molecular complexity index is 709. The Balaban J connectivity index is 2.21. The van der Waals surface area contributed by atoms with Gasteiger partial charge in [0.05, 0.1) is 23.1 Å². The largest absolute Gasteiger partial charge is 0.465 e. The Labute approximate surface area is 127 Å². The molecule has 0 aliphatic rings. The van der Waals surface area contributed by atoms with E-state index in [1.54, 1.807) is 6.07 Å². The number of carbonyl (C=O) groups is 1. The first-order valence-electron chi connectivity index (χ1n) is 5.29. The standard InChI is InChI=1S/C10H10BrN3O4S2/c1-18-10(15)7-4-8(9(11)19-7)20(16,17)13-5-6-2-3-12-14-6/h2-4,13H,5H2,1H3,(H,12,14). The first-order valence-corrected chi connectivity index (χ1v) is 8.39. The van der Waals surface area contributed by atoms with Crippen LogP contribution in [0.2, 0.25) is 0 Å². The lowest BCUT2D eigenvalue weighted by atomic mass is 10.4. The van der Waals surface area contributed by atoms with Gasteiger partial charge in [-0.1, -0.05) is 0 Å². The minimum absolute atomic E-state index is 0.00224. The molecule has 2 aromatic rings. The van der Waals surface area contributed by atoms with Gasteiger partial charge in [-0.25, -0.2) is 17.9 Å². The highest BCUT2D eigenvalue weighted by atomic mass is 79.9. The summed E-state index contributed by atoms with van der Waals surface area (Å²) >= 11 is 4.14. The van der Waals surface area contributed by atoms with Gasteiger partial charge in [-0.05, 0) is 28.1 Å². The lowest BCUT2D eigenvalue weighted by molar-refractivity contribution is 0.0606. The molecule has 0 saturated heterocycles. The van der Waals surface area contributed by atoms with E-state index in [0.29, 0.717) is 9.48 Å². The zero-order valence-corrected chi connectivity index (χ0v) is 13.4. The number of carbonyl (C=O) groups excluding carboxylic acids is 1. The van der Waals surface area contributed by atoms with Crippen LogP contribution in [0, 0.1) is 0 Å². The summed E-state index contributed by atoms with van der Waals surface area (Å²) in [7, 11) is -2.49. The Hall–Kier alpha value is -1.23. The number of rotatable bonds is 5. The van der Waals surface area contributed by atoms with E-state index in [0.717, 1.165) is 11.3 Å². The molecular formula is C10H10BrN3O4S2. The van der Waals surface area contributed by atoms with E-state index in [9.17, 15) is 13.2 Å². The number of sulfonamides is 1. The van der Waals surface area contributed by atoms with Crippen LogP contribution in [0.1, 0.15) is 15.4 Å². The summed E-state index contributed by atoms with van der Waals surface area (Å²) in [5.41, 5.74) is 0.633. The van der Waals surface area contributed by atoms with Crippen LogP contribution in [-0.2, 0) is 21.3 Å². The average molecular weight is 380 g/mol. The van der Waals surface area contributed by atoms with E-state index in [4.69, 9.17) is 0 Å². The molecule has 0 aromatic carbocycles. The van der Waals surface area contributed by atoms with Crippen molar-refractivity contribution in [2.75, 3.05) is 7.11 Å². The van der Waals surface area contributed by atoms with E-state index in [-0.39, 0.29) is 16.3 Å². The summed E-state index contributed by atoms with van der Waals surface area (Å²) in [4.78, 5) is 11.6. The van der Waals surface area contributed by atoms with Crippen molar-refractivity contribution in [2.45, 2.75) is 11.4 Å². The fourth-order valence-electron chi connectivity index (χ4n) is 1.37. The Morgan fingerprint density at radius 2 is 2.35 bits per heavy atom. The van der Waals surface area contributed by atoms with Crippen molar-refractivity contribution in [1.82, 2.24) is 14.9 Å². The van der Waals surface area contributed by atoms with Crippen LogP contribution in [0.25, 0.3) is 0 Å². The maximum absolute atomic E-state index is 12.2. The molecule has 108 valence electrons. The molecule has 2 heterocycles. The number of hydrogen-bond acceptors (Lipinski definition) is 6. The maximum atomic E-state index is 12.2. The van der Waals surface area contributed by atoms with Crippen molar-refractivity contribution >= 4 is 43.3 Å². The Morgan fingerprint density at radius 1 is 1.60 bits per heavy atom. The van der Waals surface area contributed by atoms with Gasteiger partial charge in [0, 0.05) is 6.20 Å². The van der Waals surface area contributed by atoms with E-state index in [2.05, 4.69) is 35.6 Å². The molecular weight excluding hydrogens is 370 g/mol. The molecule has 0 atom stereocenters. The topological polar surface area (TPSA) is 101 Å². The third-order valence-electron chi connectivity index (χ3n) is 2.34. The van der Waals surface area contributed by atoms with E-state index >= 15 is 0 Å². The number of nitrogens with zero attached hydrogens (tertiary/aromatic N) is 1. The fourth-order valence-corrected chi connectivity index (χ4v) is 4.86. The highest BCUT2D eigenvalue weighted by Gasteiger charge is 2.23. The van der Waals surface area contributed by atoms with Crippen LogP contribution in [-0.4, -0.2) is 31.7 Å². The molecule has 0 bridgehead atoms. The molecule has 2 N–H and O–H groups in total.